The van der Waals surface area contributed by atoms with Gasteiger partial charge < -0.3 is 9.47 Å². The van der Waals surface area contributed by atoms with Crippen LogP contribution in [0.15, 0.2) is 24.4 Å². The van der Waals surface area contributed by atoms with Crippen molar-refractivity contribution in [2.75, 3.05) is 19.6 Å². The van der Waals surface area contributed by atoms with Gasteiger partial charge in [-0.15, -0.1) is 0 Å². The Hall–Kier alpha value is -1.61. The number of carbonyl (C=O) groups is 1. The van der Waals surface area contributed by atoms with Gasteiger partial charge in [-0.2, -0.15) is 0 Å². The lowest BCUT2D eigenvalue weighted by Crippen LogP contribution is -2.23. The van der Waals surface area contributed by atoms with Crippen LogP contribution in [0.1, 0.15) is 28.8 Å². The Labute approximate surface area is 113 Å². The first kappa shape index (κ1) is 12.4. The first-order chi connectivity index (χ1) is 9.29. The number of para-hydroxylation sites is 1. The number of hydrogen-bond acceptors (Lipinski definition) is 2. The van der Waals surface area contributed by atoms with Crippen LogP contribution in [-0.2, 0) is 6.54 Å². The molecule has 0 atom stereocenters. The highest BCUT2D eigenvalue weighted by molar-refractivity contribution is 5.98. The van der Waals surface area contributed by atoms with E-state index in [2.05, 4.69) is 22.5 Å². The lowest BCUT2D eigenvalue weighted by molar-refractivity contribution is 0.112. The summed E-state index contributed by atoms with van der Waals surface area (Å²) in [5.41, 5.74) is 3.26. The van der Waals surface area contributed by atoms with Crippen molar-refractivity contribution in [3.63, 3.8) is 0 Å². The number of nitrogens with zero attached hydrogens (tertiary/aromatic N) is 2. The molecule has 1 saturated heterocycles. The summed E-state index contributed by atoms with van der Waals surface area (Å²) in [4.78, 5) is 13.7. The molecular formula is C16H20N2O. The summed E-state index contributed by atoms with van der Waals surface area (Å²) in [7, 11) is 0. The van der Waals surface area contributed by atoms with Crippen molar-refractivity contribution < 1.29 is 4.79 Å². The number of aromatic nitrogens is 1. The molecule has 1 aliphatic heterocycles. The second kappa shape index (κ2) is 5.17. The van der Waals surface area contributed by atoms with Gasteiger partial charge in [-0.3, -0.25) is 4.79 Å². The lowest BCUT2D eigenvalue weighted by atomic mass is 10.1. The number of fused-ring (bicyclic) bond motifs is 1. The van der Waals surface area contributed by atoms with E-state index in [1.165, 1.54) is 37.0 Å². The minimum absolute atomic E-state index is 0.806. The standard InChI is InChI=1S/C16H20N2O/c1-13-5-4-6-15-14(12-19)11-18(16(13)15)10-9-17-7-2-3-8-17/h4-6,11-12H,2-3,7-10H2,1H3. The lowest BCUT2D eigenvalue weighted by Gasteiger charge is -2.15. The molecule has 3 rings (SSSR count). The van der Waals surface area contributed by atoms with Crippen molar-refractivity contribution >= 4 is 17.2 Å². The molecule has 0 N–H and O–H groups in total. The zero-order chi connectivity index (χ0) is 13.2. The summed E-state index contributed by atoms with van der Waals surface area (Å²) < 4.78 is 2.24. The second-order valence-electron chi connectivity index (χ2n) is 5.42. The van der Waals surface area contributed by atoms with E-state index in [1.54, 1.807) is 0 Å². The van der Waals surface area contributed by atoms with Gasteiger partial charge in [0.15, 0.2) is 6.29 Å². The van der Waals surface area contributed by atoms with Crippen LogP contribution in [0.5, 0.6) is 0 Å². The molecule has 1 aromatic heterocycles. The summed E-state index contributed by atoms with van der Waals surface area (Å²) in [6.07, 6.45) is 5.62. The van der Waals surface area contributed by atoms with E-state index in [4.69, 9.17) is 0 Å². The molecule has 0 bridgehead atoms. The van der Waals surface area contributed by atoms with Crippen molar-refractivity contribution in [3.8, 4) is 0 Å². The zero-order valence-corrected chi connectivity index (χ0v) is 11.4. The third-order valence-electron chi connectivity index (χ3n) is 4.11. The molecule has 0 amide bonds. The molecule has 0 aliphatic carbocycles. The number of rotatable bonds is 4. The molecule has 0 unspecified atom stereocenters. The number of carbonyl (C=O) groups excluding carboxylic acids is 1. The molecule has 100 valence electrons. The Morgan fingerprint density at radius 3 is 2.74 bits per heavy atom. The van der Waals surface area contributed by atoms with Gasteiger partial charge in [0.25, 0.3) is 0 Å². The average Bonchev–Trinajstić information content (AvgIpc) is 3.04. The molecule has 2 aromatic rings. The van der Waals surface area contributed by atoms with Crippen molar-refractivity contribution in [1.29, 1.82) is 0 Å². The van der Waals surface area contributed by atoms with E-state index in [0.717, 1.165) is 30.3 Å². The number of likely N-dealkylation sites (tertiary alicyclic amines) is 1. The minimum Gasteiger partial charge on any atom is -0.345 e. The molecule has 3 nitrogen and oxygen atoms in total. The van der Waals surface area contributed by atoms with E-state index in [1.807, 2.05) is 18.3 Å². The monoisotopic (exact) mass is 256 g/mol. The minimum atomic E-state index is 0.806. The second-order valence-corrected chi connectivity index (χ2v) is 5.42. The number of aldehydes is 1. The molecule has 1 aromatic carbocycles. The maximum atomic E-state index is 11.2. The van der Waals surface area contributed by atoms with Crippen LogP contribution in [0.3, 0.4) is 0 Å². The van der Waals surface area contributed by atoms with Gasteiger partial charge in [0.1, 0.15) is 0 Å². The smallest absolute Gasteiger partial charge is 0.152 e. The molecule has 2 heterocycles. The first-order valence-corrected chi connectivity index (χ1v) is 7.05. The zero-order valence-electron chi connectivity index (χ0n) is 11.4. The predicted molar refractivity (Wildman–Crippen MR) is 77.7 cm³/mol. The Bertz CT molecular complexity index is 594. The maximum Gasteiger partial charge on any atom is 0.152 e. The Morgan fingerprint density at radius 1 is 1.21 bits per heavy atom. The largest absolute Gasteiger partial charge is 0.345 e. The molecule has 0 saturated carbocycles. The van der Waals surface area contributed by atoms with Gasteiger partial charge in [0, 0.05) is 30.2 Å². The summed E-state index contributed by atoms with van der Waals surface area (Å²) in [6.45, 7) is 6.60. The molecular weight excluding hydrogens is 236 g/mol. The topological polar surface area (TPSA) is 25.2 Å². The highest BCUT2D eigenvalue weighted by Crippen LogP contribution is 2.23. The summed E-state index contributed by atoms with van der Waals surface area (Å²) in [5.74, 6) is 0. The van der Waals surface area contributed by atoms with Gasteiger partial charge >= 0.3 is 0 Å². The third kappa shape index (κ3) is 2.30. The predicted octanol–water partition coefficient (Wildman–Crippen LogP) is 2.86. The van der Waals surface area contributed by atoms with E-state index in [-0.39, 0.29) is 0 Å². The Balaban J connectivity index is 1.91. The first-order valence-electron chi connectivity index (χ1n) is 7.05. The summed E-state index contributed by atoms with van der Waals surface area (Å²) in [5, 5.41) is 1.08. The van der Waals surface area contributed by atoms with Crippen LogP contribution in [-0.4, -0.2) is 35.4 Å². The quantitative estimate of drug-likeness (QED) is 0.786. The summed E-state index contributed by atoms with van der Waals surface area (Å²) in [6, 6.07) is 6.18. The Morgan fingerprint density at radius 2 is 2.00 bits per heavy atom. The van der Waals surface area contributed by atoms with Gasteiger partial charge in [-0.1, -0.05) is 18.2 Å². The normalized spacial score (nSPS) is 16.3. The van der Waals surface area contributed by atoms with Gasteiger partial charge in [-0.05, 0) is 38.4 Å². The highest BCUT2D eigenvalue weighted by atomic mass is 16.1. The SMILES string of the molecule is Cc1cccc2c(C=O)cn(CCN3CCCC3)c12. The maximum absolute atomic E-state index is 11.2. The fourth-order valence-electron chi connectivity index (χ4n) is 3.10. The van der Waals surface area contributed by atoms with E-state index < -0.39 is 0 Å². The Kier molecular flexibility index (Phi) is 3.38. The van der Waals surface area contributed by atoms with Crippen LogP contribution in [0.4, 0.5) is 0 Å². The number of hydrogen-bond donors (Lipinski definition) is 0. The molecule has 0 spiro atoms. The molecule has 1 fully saturated rings. The van der Waals surface area contributed by atoms with Gasteiger partial charge in [0.05, 0.1) is 5.52 Å². The van der Waals surface area contributed by atoms with E-state index >= 15 is 0 Å². The fraction of sp³-hybridized carbons (Fsp3) is 0.438. The van der Waals surface area contributed by atoms with Crippen LogP contribution in [0, 0.1) is 6.92 Å². The van der Waals surface area contributed by atoms with Crippen molar-refractivity contribution in [1.82, 2.24) is 9.47 Å². The van der Waals surface area contributed by atoms with Crippen LogP contribution >= 0.6 is 0 Å². The van der Waals surface area contributed by atoms with E-state index in [9.17, 15) is 4.79 Å². The number of benzene rings is 1. The number of aryl methyl sites for hydroxylation is 1. The van der Waals surface area contributed by atoms with Gasteiger partial charge in [0.2, 0.25) is 0 Å². The van der Waals surface area contributed by atoms with Gasteiger partial charge in [-0.25, -0.2) is 0 Å². The molecule has 0 radical (unpaired) electrons. The average molecular weight is 256 g/mol. The highest BCUT2D eigenvalue weighted by Gasteiger charge is 2.13. The van der Waals surface area contributed by atoms with Crippen LogP contribution in [0.25, 0.3) is 10.9 Å². The fourth-order valence-corrected chi connectivity index (χ4v) is 3.10. The van der Waals surface area contributed by atoms with Crippen molar-refractivity contribution in [2.45, 2.75) is 26.3 Å². The molecule has 3 heteroatoms. The summed E-state index contributed by atoms with van der Waals surface area (Å²) >= 11 is 0. The van der Waals surface area contributed by atoms with Crippen molar-refractivity contribution in [3.05, 3.63) is 35.5 Å². The molecule has 1 aliphatic rings. The van der Waals surface area contributed by atoms with E-state index in [0.29, 0.717) is 0 Å². The van der Waals surface area contributed by atoms with Crippen LogP contribution < -0.4 is 0 Å². The van der Waals surface area contributed by atoms with Crippen LogP contribution in [0.2, 0.25) is 0 Å². The molecule has 19 heavy (non-hydrogen) atoms. The van der Waals surface area contributed by atoms with Crippen molar-refractivity contribution in [2.24, 2.45) is 0 Å². The third-order valence-corrected chi connectivity index (χ3v) is 4.11.